The molecule has 1 N–H and O–H groups in total. The van der Waals surface area contributed by atoms with Crippen molar-refractivity contribution in [1.82, 2.24) is 19.8 Å². The molecule has 0 bridgehead atoms. The minimum Gasteiger partial charge on any atom is -0.445 e. The fourth-order valence-corrected chi connectivity index (χ4v) is 4.28. The number of aromatic nitrogens is 2. The first-order chi connectivity index (χ1) is 14.2. The molecule has 0 saturated carbocycles. The summed E-state index contributed by atoms with van der Waals surface area (Å²) < 4.78 is 7.64. The van der Waals surface area contributed by atoms with Gasteiger partial charge in [-0.25, -0.2) is 4.98 Å². The van der Waals surface area contributed by atoms with E-state index >= 15 is 0 Å². The quantitative estimate of drug-likeness (QED) is 0.838. The van der Waals surface area contributed by atoms with Crippen LogP contribution in [0, 0.1) is 12.8 Å². The topological polar surface area (TPSA) is 80.4 Å². The van der Waals surface area contributed by atoms with Crippen molar-refractivity contribution >= 4 is 5.91 Å². The van der Waals surface area contributed by atoms with Gasteiger partial charge in [0.15, 0.2) is 5.89 Å². The Kier molecular flexibility index (Phi) is 5.57. The van der Waals surface area contributed by atoms with Crippen LogP contribution in [0.1, 0.15) is 66.9 Å². The molecule has 7 heteroatoms. The zero-order valence-corrected chi connectivity index (χ0v) is 18.5. The fraction of sp³-hybridized carbons (Fsp3) is 0.609. The van der Waals surface area contributed by atoms with Gasteiger partial charge in [-0.1, -0.05) is 20.8 Å². The lowest BCUT2D eigenvalue weighted by atomic mass is 9.97. The number of nitrogens with one attached hydrogen (secondary N) is 1. The lowest BCUT2D eigenvalue weighted by Crippen LogP contribution is -2.41. The van der Waals surface area contributed by atoms with E-state index in [4.69, 9.17) is 4.42 Å². The molecule has 0 spiro atoms. The summed E-state index contributed by atoms with van der Waals surface area (Å²) in [6, 6.07) is 1.88. The van der Waals surface area contributed by atoms with Crippen molar-refractivity contribution in [3.8, 4) is 0 Å². The van der Waals surface area contributed by atoms with Crippen LogP contribution in [0.5, 0.6) is 0 Å². The van der Waals surface area contributed by atoms with Crippen molar-refractivity contribution in [3.05, 3.63) is 51.1 Å². The largest absolute Gasteiger partial charge is 0.445 e. The second-order valence-corrected chi connectivity index (χ2v) is 9.66. The number of rotatable bonds is 3. The van der Waals surface area contributed by atoms with Crippen molar-refractivity contribution in [3.63, 3.8) is 0 Å². The number of pyridine rings is 1. The lowest BCUT2D eigenvalue weighted by Gasteiger charge is -2.27. The van der Waals surface area contributed by atoms with Crippen molar-refractivity contribution in [2.75, 3.05) is 19.6 Å². The third kappa shape index (κ3) is 4.08. The first-order valence-corrected chi connectivity index (χ1v) is 10.9. The number of carbonyl (C=O) groups excluding carboxylic acids is 1. The van der Waals surface area contributed by atoms with Crippen LogP contribution in [0.25, 0.3) is 0 Å². The van der Waals surface area contributed by atoms with Gasteiger partial charge in [0, 0.05) is 31.1 Å². The van der Waals surface area contributed by atoms with Gasteiger partial charge in [-0.05, 0) is 50.4 Å². The van der Waals surface area contributed by atoms with Crippen LogP contribution in [0.15, 0.2) is 21.5 Å². The van der Waals surface area contributed by atoms with Crippen molar-refractivity contribution in [2.45, 2.75) is 65.5 Å². The number of aryl methyl sites for hydroxylation is 1. The van der Waals surface area contributed by atoms with Gasteiger partial charge in [-0.3, -0.25) is 9.59 Å². The van der Waals surface area contributed by atoms with Crippen LogP contribution >= 0.6 is 0 Å². The molecule has 0 radical (unpaired) electrons. The Labute approximate surface area is 177 Å². The Bertz CT molecular complexity index is 993. The minimum absolute atomic E-state index is 0.177. The van der Waals surface area contributed by atoms with E-state index in [9.17, 15) is 9.59 Å². The van der Waals surface area contributed by atoms with Gasteiger partial charge in [-0.2, -0.15) is 0 Å². The van der Waals surface area contributed by atoms with Crippen molar-refractivity contribution in [1.29, 1.82) is 0 Å². The number of carbonyl (C=O) groups is 1. The summed E-state index contributed by atoms with van der Waals surface area (Å²) in [6.45, 7) is 11.5. The number of nitrogens with zero attached hydrogens (tertiary/aromatic N) is 3. The standard InChI is InChI=1S/C23H32N4O3/c1-15-7-10-26(13-16-6-5-9-24-12-16)20(28)19(15)21(29)27-11-8-18-17(14-27)25-22(30-18)23(2,3)4/h7,10,16,24H,5-6,8-9,11-14H2,1-4H3. The number of hydrogen-bond acceptors (Lipinski definition) is 5. The predicted molar refractivity (Wildman–Crippen MR) is 115 cm³/mol. The Balaban J connectivity index is 1.56. The van der Waals surface area contributed by atoms with Crippen molar-refractivity contribution in [2.24, 2.45) is 5.92 Å². The minimum atomic E-state index is -0.209. The molecule has 1 atom stereocenters. The Morgan fingerprint density at radius 1 is 1.37 bits per heavy atom. The maximum atomic E-state index is 13.3. The SMILES string of the molecule is Cc1ccn(CC2CCCNC2)c(=O)c1C(=O)N1CCc2oc(C(C)(C)C)nc2C1. The zero-order chi connectivity index (χ0) is 21.5. The second-order valence-electron chi connectivity index (χ2n) is 9.66. The average molecular weight is 413 g/mol. The number of fused-ring (bicyclic) bond motifs is 1. The van der Waals surface area contributed by atoms with Crippen molar-refractivity contribution < 1.29 is 9.21 Å². The molecule has 162 valence electrons. The van der Waals surface area contributed by atoms with E-state index in [0.29, 0.717) is 37.9 Å². The highest BCUT2D eigenvalue weighted by Crippen LogP contribution is 2.28. The summed E-state index contributed by atoms with van der Waals surface area (Å²) in [5.74, 6) is 1.77. The molecule has 0 aliphatic carbocycles. The smallest absolute Gasteiger partial charge is 0.263 e. The van der Waals surface area contributed by atoms with Crippen LogP contribution < -0.4 is 10.9 Å². The molecule has 4 heterocycles. The summed E-state index contributed by atoms with van der Waals surface area (Å²) >= 11 is 0. The summed E-state index contributed by atoms with van der Waals surface area (Å²) in [5.41, 5.74) is 1.45. The van der Waals surface area contributed by atoms with E-state index in [1.165, 1.54) is 0 Å². The van der Waals surface area contributed by atoms with Gasteiger partial charge in [0.05, 0.1) is 6.54 Å². The van der Waals surface area contributed by atoms with E-state index in [1.807, 2.05) is 19.2 Å². The lowest BCUT2D eigenvalue weighted by molar-refractivity contribution is 0.0724. The molecule has 1 saturated heterocycles. The Hall–Kier alpha value is -2.41. The molecule has 2 aliphatic heterocycles. The Morgan fingerprint density at radius 2 is 2.17 bits per heavy atom. The fourth-order valence-electron chi connectivity index (χ4n) is 4.28. The highest BCUT2D eigenvalue weighted by atomic mass is 16.4. The summed E-state index contributed by atoms with van der Waals surface area (Å²) in [6.07, 6.45) is 4.68. The number of amides is 1. The van der Waals surface area contributed by atoms with E-state index < -0.39 is 0 Å². The van der Waals surface area contributed by atoms with Crippen LogP contribution in [0.3, 0.4) is 0 Å². The molecule has 2 aromatic rings. The predicted octanol–water partition coefficient (Wildman–Crippen LogP) is 2.64. The van der Waals surface area contributed by atoms with Gasteiger partial charge >= 0.3 is 0 Å². The molecular formula is C23H32N4O3. The van der Waals surface area contributed by atoms with E-state index in [2.05, 4.69) is 31.1 Å². The normalized spacial score (nSPS) is 19.6. The van der Waals surface area contributed by atoms with Gasteiger partial charge < -0.3 is 19.2 Å². The third-order valence-electron chi connectivity index (χ3n) is 6.10. The molecule has 4 rings (SSSR count). The maximum absolute atomic E-state index is 13.3. The third-order valence-corrected chi connectivity index (χ3v) is 6.10. The molecule has 1 fully saturated rings. The number of oxazole rings is 1. The van der Waals surface area contributed by atoms with Crippen LogP contribution in [0.2, 0.25) is 0 Å². The molecule has 2 aromatic heterocycles. The van der Waals surface area contributed by atoms with Crippen LogP contribution in [0.4, 0.5) is 0 Å². The molecule has 7 nitrogen and oxygen atoms in total. The summed E-state index contributed by atoms with van der Waals surface area (Å²) in [7, 11) is 0. The molecule has 1 unspecified atom stereocenters. The highest BCUT2D eigenvalue weighted by molar-refractivity contribution is 5.95. The first kappa shape index (κ1) is 20.8. The molecule has 2 aliphatic rings. The molecular weight excluding hydrogens is 380 g/mol. The summed E-state index contributed by atoms with van der Waals surface area (Å²) in [4.78, 5) is 32.9. The highest BCUT2D eigenvalue weighted by Gasteiger charge is 2.31. The number of piperidine rings is 1. The van der Waals surface area contributed by atoms with Gasteiger partial charge in [-0.15, -0.1) is 0 Å². The van der Waals surface area contributed by atoms with E-state index in [-0.39, 0.29) is 22.4 Å². The zero-order valence-electron chi connectivity index (χ0n) is 18.5. The monoisotopic (exact) mass is 412 g/mol. The maximum Gasteiger partial charge on any atom is 0.263 e. The molecule has 0 aromatic carbocycles. The average Bonchev–Trinajstić information content (AvgIpc) is 3.15. The second kappa shape index (κ2) is 8.02. The van der Waals surface area contributed by atoms with Crippen LogP contribution in [-0.2, 0) is 24.9 Å². The van der Waals surface area contributed by atoms with E-state index in [1.54, 1.807) is 9.47 Å². The first-order valence-electron chi connectivity index (χ1n) is 10.9. The van der Waals surface area contributed by atoms with Gasteiger partial charge in [0.1, 0.15) is 17.0 Å². The van der Waals surface area contributed by atoms with E-state index in [0.717, 1.165) is 42.9 Å². The van der Waals surface area contributed by atoms with Gasteiger partial charge in [0.25, 0.3) is 11.5 Å². The Morgan fingerprint density at radius 3 is 2.87 bits per heavy atom. The molecule has 30 heavy (non-hydrogen) atoms. The molecule has 1 amide bonds. The number of hydrogen-bond donors (Lipinski definition) is 1. The summed E-state index contributed by atoms with van der Waals surface area (Å²) in [5, 5.41) is 3.39. The van der Waals surface area contributed by atoms with Gasteiger partial charge in [0.2, 0.25) is 0 Å². The van der Waals surface area contributed by atoms with Crippen LogP contribution in [-0.4, -0.2) is 40.0 Å².